The Morgan fingerprint density at radius 3 is 2.60 bits per heavy atom. The van der Waals surface area contributed by atoms with Gasteiger partial charge in [0.25, 0.3) is 0 Å². The lowest BCUT2D eigenvalue weighted by Gasteiger charge is -2.13. The number of likely N-dealkylation sites (tertiary alicyclic amines) is 1. The van der Waals surface area contributed by atoms with Crippen molar-refractivity contribution in [1.82, 2.24) is 4.90 Å². The van der Waals surface area contributed by atoms with Gasteiger partial charge in [0, 0.05) is 19.0 Å². The van der Waals surface area contributed by atoms with E-state index in [1.165, 1.54) is 11.1 Å². The van der Waals surface area contributed by atoms with Gasteiger partial charge in [-0.2, -0.15) is 0 Å². The third-order valence-corrected chi connectivity index (χ3v) is 3.05. The summed E-state index contributed by atoms with van der Waals surface area (Å²) < 4.78 is 0. The predicted octanol–water partition coefficient (Wildman–Crippen LogP) is 1.86. The molecule has 1 atom stereocenters. The van der Waals surface area contributed by atoms with Crippen LogP contribution >= 0.6 is 0 Å². The molecule has 80 valence electrons. The topological polar surface area (TPSA) is 46.3 Å². The zero-order valence-electron chi connectivity index (χ0n) is 8.94. The second kappa shape index (κ2) is 3.93. The van der Waals surface area contributed by atoms with E-state index in [9.17, 15) is 4.79 Å². The summed E-state index contributed by atoms with van der Waals surface area (Å²) in [5, 5.41) is 0. The number of primary amides is 1. The first kappa shape index (κ1) is 10.0. The zero-order chi connectivity index (χ0) is 10.8. The molecule has 2 N–H and O–H groups in total. The number of hydrogen-bond donors (Lipinski definition) is 1. The maximum Gasteiger partial charge on any atom is 0.314 e. The Kier molecular flexibility index (Phi) is 2.62. The van der Waals surface area contributed by atoms with Crippen molar-refractivity contribution in [3.05, 3.63) is 35.4 Å². The van der Waals surface area contributed by atoms with E-state index >= 15 is 0 Å². The van der Waals surface area contributed by atoms with Gasteiger partial charge in [0.05, 0.1) is 0 Å². The fourth-order valence-corrected chi connectivity index (χ4v) is 2.07. The number of aryl methyl sites for hydroxylation is 1. The van der Waals surface area contributed by atoms with E-state index in [0.717, 1.165) is 19.5 Å². The van der Waals surface area contributed by atoms with Crippen molar-refractivity contribution in [2.24, 2.45) is 5.73 Å². The Balaban J connectivity index is 2.07. The van der Waals surface area contributed by atoms with Crippen molar-refractivity contribution < 1.29 is 4.79 Å². The monoisotopic (exact) mass is 204 g/mol. The molecule has 3 nitrogen and oxygen atoms in total. The van der Waals surface area contributed by atoms with Crippen LogP contribution in [0.2, 0.25) is 0 Å². The second-order valence-electron chi connectivity index (χ2n) is 4.18. The summed E-state index contributed by atoms with van der Waals surface area (Å²) in [5.74, 6) is 0.457. The van der Waals surface area contributed by atoms with Crippen LogP contribution in [0.5, 0.6) is 0 Å². The van der Waals surface area contributed by atoms with E-state index in [0.29, 0.717) is 5.92 Å². The van der Waals surface area contributed by atoms with Crippen LogP contribution < -0.4 is 5.73 Å². The Morgan fingerprint density at radius 2 is 2.07 bits per heavy atom. The summed E-state index contributed by atoms with van der Waals surface area (Å²) in [6, 6.07) is 8.21. The maximum absolute atomic E-state index is 11.0. The average molecular weight is 204 g/mol. The van der Waals surface area contributed by atoms with Gasteiger partial charge in [-0.15, -0.1) is 0 Å². The number of amides is 2. The van der Waals surface area contributed by atoms with Crippen LogP contribution in [0.4, 0.5) is 4.79 Å². The zero-order valence-corrected chi connectivity index (χ0v) is 8.94. The van der Waals surface area contributed by atoms with E-state index in [4.69, 9.17) is 5.73 Å². The Hall–Kier alpha value is -1.51. The normalized spacial score (nSPS) is 20.6. The van der Waals surface area contributed by atoms with Gasteiger partial charge in [-0.05, 0) is 18.9 Å². The quantitative estimate of drug-likeness (QED) is 0.745. The van der Waals surface area contributed by atoms with Gasteiger partial charge < -0.3 is 10.6 Å². The molecule has 15 heavy (non-hydrogen) atoms. The molecule has 1 aromatic rings. The highest BCUT2D eigenvalue weighted by molar-refractivity contribution is 5.72. The number of nitrogens with zero attached hydrogens (tertiary/aromatic N) is 1. The fraction of sp³-hybridized carbons (Fsp3) is 0.417. The van der Waals surface area contributed by atoms with Gasteiger partial charge in [0.15, 0.2) is 0 Å². The number of carbonyl (C=O) groups is 1. The second-order valence-corrected chi connectivity index (χ2v) is 4.18. The summed E-state index contributed by atoms with van der Waals surface area (Å²) in [7, 11) is 0. The van der Waals surface area contributed by atoms with Crippen LogP contribution in [-0.2, 0) is 0 Å². The minimum Gasteiger partial charge on any atom is -0.351 e. The van der Waals surface area contributed by atoms with E-state index in [-0.39, 0.29) is 6.03 Å². The lowest BCUT2D eigenvalue weighted by molar-refractivity contribution is 0.218. The van der Waals surface area contributed by atoms with E-state index in [2.05, 4.69) is 31.2 Å². The molecule has 1 aliphatic rings. The van der Waals surface area contributed by atoms with Gasteiger partial charge in [-0.25, -0.2) is 4.79 Å². The van der Waals surface area contributed by atoms with E-state index < -0.39 is 0 Å². The molecule has 2 amide bonds. The summed E-state index contributed by atoms with van der Waals surface area (Å²) >= 11 is 0. The molecule has 0 radical (unpaired) electrons. The van der Waals surface area contributed by atoms with Crippen LogP contribution in [0.25, 0.3) is 0 Å². The van der Waals surface area contributed by atoms with Gasteiger partial charge in [-0.1, -0.05) is 29.8 Å². The first-order chi connectivity index (χ1) is 7.16. The van der Waals surface area contributed by atoms with Gasteiger partial charge in [0.1, 0.15) is 0 Å². The smallest absolute Gasteiger partial charge is 0.314 e. The van der Waals surface area contributed by atoms with Crippen molar-refractivity contribution in [2.45, 2.75) is 19.3 Å². The largest absolute Gasteiger partial charge is 0.351 e. The van der Waals surface area contributed by atoms with Crippen molar-refractivity contribution in [3.8, 4) is 0 Å². The molecule has 1 aromatic carbocycles. The van der Waals surface area contributed by atoms with Crippen LogP contribution in [0.1, 0.15) is 23.5 Å². The number of urea groups is 1. The molecule has 1 unspecified atom stereocenters. The molecule has 1 aliphatic heterocycles. The molecule has 0 bridgehead atoms. The fourth-order valence-electron chi connectivity index (χ4n) is 2.07. The third-order valence-electron chi connectivity index (χ3n) is 3.05. The van der Waals surface area contributed by atoms with Crippen LogP contribution in [0, 0.1) is 6.92 Å². The lowest BCUT2D eigenvalue weighted by atomic mass is 9.98. The molecule has 0 aliphatic carbocycles. The van der Waals surface area contributed by atoms with Gasteiger partial charge in [0.2, 0.25) is 0 Å². The lowest BCUT2D eigenvalue weighted by Crippen LogP contribution is -2.33. The molecular formula is C12H16N2O. The summed E-state index contributed by atoms with van der Waals surface area (Å²) in [6.45, 7) is 3.63. The van der Waals surface area contributed by atoms with Crippen LogP contribution in [0.3, 0.4) is 0 Å². The van der Waals surface area contributed by atoms with E-state index in [1.807, 2.05) is 0 Å². The molecule has 0 saturated carbocycles. The van der Waals surface area contributed by atoms with Crippen LogP contribution in [-0.4, -0.2) is 24.0 Å². The standard InChI is InChI=1S/C12H16N2O/c1-9-2-4-10(5-3-9)11-6-7-14(8-11)12(13)15/h2-5,11H,6-8H2,1H3,(H2,13,15). The Morgan fingerprint density at radius 1 is 1.40 bits per heavy atom. The summed E-state index contributed by atoms with van der Waals surface area (Å²) in [5.41, 5.74) is 7.83. The minimum absolute atomic E-state index is 0.301. The number of carbonyl (C=O) groups excluding carboxylic acids is 1. The third kappa shape index (κ3) is 2.12. The van der Waals surface area contributed by atoms with Crippen molar-refractivity contribution in [3.63, 3.8) is 0 Å². The molecule has 2 rings (SSSR count). The van der Waals surface area contributed by atoms with Gasteiger partial charge >= 0.3 is 6.03 Å². The van der Waals surface area contributed by atoms with Gasteiger partial charge in [-0.3, -0.25) is 0 Å². The Labute approximate surface area is 89.9 Å². The first-order valence-electron chi connectivity index (χ1n) is 5.28. The van der Waals surface area contributed by atoms with Crippen molar-refractivity contribution in [1.29, 1.82) is 0 Å². The number of rotatable bonds is 1. The first-order valence-corrected chi connectivity index (χ1v) is 5.28. The van der Waals surface area contributed by atoms with Crippen molar-refractivity contribution >= 4 is 6.03 Å². The maximum atomic E-state index is 11.0. The summed E-state index contributed by atoms with van der Waals surface area (Å²) in [6.07, 6.45) is 1.02. The molecular weight excluding hydrogens is 188 g/mol. The number of nitrogens with two attached hydrogens (primary N) is 1. The summed E-state index contributed by atoms with van der Waals surface area (Å²) in [4.78, 5) is 12.7. The predicted molar refractivity (Wildman–Crippen MR) is 59.7 cm³/mol. The molecule has 0 aromatic heterocycles. The number of benzene rings is 1. The molecule has 3 heteroatoms. The Bertz CT molecular complexity index is 358. The molecule has 1 fully saturated rings. The van der Waals surface area contributed by atoms with Crippen LogP contribution in [0.15, 0.2) is 24.3 Å². The highest BCUT2D eigenvalue weighted by atomic mass is 16.2. The highest BCUT2D eigenvalue weighted by Gasteiger charge is 2.25. The molecule has 1 heterocycles. The van der Waals surface area contributed by atoms with E-state index in [1.54, 1.807) is 4.90 Å². The number of hydrogen-bond acceptors (Lipinski definition) is 1. The SMILES string of the molecule is Cc1ccc(C2CCN(C(N)=O)C2)cc1. The minimum atomic E-state index is -0.301. The average Bonchev–Trinajstić information content (AvgIpc) is 2.68. The molecule has 0 spiro atoms. The highest BCUT2D eigenvalue weighted by Crippen LogP contribution is 2.26. The molecule has 1 saturated heterocycles. The van der Waals surface area contributed by atoms with Crippen molar-refractivity contribution in [2.75, 3.05) is 13.1 Å².